The van der Waals surface area contributed by atoms with Crippen LogP contribution in [0.4, 0.5) is 0 Å². The van der Waals surface area contributed by atoms with Crippen LogP contribution in [0.3, 0.4) is 0 Å². The fourth-order valence-electron chi connectivity index (χ4n) is 2.25. The van der Waals surface area contributed by atoms with E-state index in [1.165, 1.54) is 32.1 Å². The van der Waals surface area contributed by atoms with Crippen LogP contribution in [-0.4, -0.2) is 30.0 Å². The molecule has 88 valence electrons. The number of nitrogens with zero attached hydrogens (tertiary/aromatic N) is 2. The Morgan fingerprint density at radius 2 is 2.13 bits per heavy atom. The molecule has 1 rings (SSSR count). The Hall–Kier alpha value is -0.730. The van der Waals surface area contributed by atoms with Crippen molar-refractivity contribution >= 4 is 5.96 Å². The summed E-state index contributed by atoms with van der Waals surface area (Å²) in [5.41, 5.74) is 6.03. The number of piperidine rings is 1. The minimum Gasteiger partial charge on any atom is -0.370 e. The minimum absolute atomic E-state index is 0.643. The molecule has 0 radical (unpaired) electrons. The maximum atomic E-state index is 6.03. The Morgan fingerprint density at radius 3 is 2.80 bits per heavy atom. The molecule has 3 heteroatoms. The summed E-state index contributed by atoms with van der Waals surface area (Å²) in [6, 6.07) is 0.643. The number of guanidine groups is 1. The van der Waals surface area contributed by atoms with Crippen LogP contribution >= 0.6 is 0 Å². The highest BCUT2D eigenvalue weighted by atomic mass is 15.3. The van der Waals surface area contributed by atoms with Crippen LogP contribution in [-0.2, 0) is 0 Å². The molecule has 0 bridgehead atoms. The van der Waals surface area contributed by atoms with Crippen molar-refractivity contribution in [3.05, 3.63) is 0 Å². The van der Waals surface area contributed by atoms with E-state index in [-0.39, 0.29) is 0 Å². The highest BCUT2D eigenvalue weighted by Crippen LogP contribution is 2.20. The number of nitrogens with two attached hydrogens (primary N) is 1. The third-order valence-electron chi connectivity index (χ3n) is 3.04. The molecule has 0 aromatic carbocycles. The first kappa shape index (κ1) is 12.3. The van der Waals surface area contributed by atoms with Crippen molar-refractivity contribution in [2.24, 2.45) is 10.7 Å². The van der Waals surface area contributed by atoms with Gasteiger partial charge in [-0.05, 0) is 32.1 Å². The molecule has 0 amide bonds. The Labute approximate surface area is 93.7 Å². The van der Waals surface area contributed by atoms with Gasteiger partial charge in [-0.15, -0.1) is 0 Å². The fourth-order valence-corrected chi connectivity index (χ4v) is 2.25. The largest absolute Gasteiger partial charge is 0.370 e. The van der Waals surface area contributed by atoms with Crippen molar-refractivity contribution in [2.75, 3.05) is 13.1 Å². The minimum atomic E-state index is 0.643. The lowest BCUT2D eigenvalue weighted by molar-refractivity contribution is 0.226. The molecule has 1 unspecified atom stereocenters. The Balaban J connectivity index is 2.54. The number of aliphatic imine (C=N–C) groups is 1. The van der Waals surface area contributed by atoms with E-state index in [1.54, 1.807) is 0 Å². The van der Waals surface area contributed by atoms with Crippen molar-refractivity contribution in [1.29, 1.82) is 0 Å². The Morgan fingerprint density at radius 1 is 1.33 bits per heavy atom. The first-order valence-electron chi connectivity index (χ1n) is 6.36. The summed E-state index contributed by atoms with van der Waals surface area (Å²) in [5, 5.41) is 0. The van der Waals surface area contributed by atoms with E-state index in [0.29, 0.717) is 6.04 Å². The van der Waals surface area contributed by atoms with Gasteiger partial charge in [-0.1, -0.05) is 20.3 Å². The van der Waals surface area contributed by atoms with E-state index in [4.69, 9.17) is 5.73 Å². The first-order chi connectivity index (χ1) is 7.29. The highest BCUT2D eigenvalue weighted by molar-refractivity contribution is 5.78. The van der Waals surface area contributed by atoms with Crippen molar-refractivity contribution < 1.29 is 0 Å². The molecule has 1 aliphatic rings. The van der Waals surface area contributed by atoms with Gasteiger partial charge in [0.2, 0.25) is 0 Å². The quantitative estimate of drug-likeness (QED) is 0.573. The van der Waals surface area contributed by atoms with E-state index in [2.05, 4.69) is 23.7 Å². The lowest BCUT2D eigenvalue weighted by atomic mass is 9.99. The average molecular weight is 211 g/mol. The van der Waals surface area contributed by atoms with Gasteiger partial charge in [0.25, 0.3) is 0 Å². The van der Waals surface area contributed by atoms with Crippen LogP contribution in [0.1, 0.15) is 52.4 Å². The molecule has 1 aliphatic heterocycles. The summed E-state index contributed by atoms with van der Waals surface area (Å²) < 4.78 is 0. The first-order valence-corrected chi connectivity index (χ1v) is 6.36. The fraction of sp³-hybridized carbons (Fsp3) is 0.917. The molecule has 1 atom stereocenters. The Kier molecular flexibility index (Phi) is 5.51. The smallest absolute Gasteiger partial charge is 0.191 e. The van der Waals surface area contributed by atoms with Crippen LogP contribution < -0.4 is 5.73 Å². The molecule has 0 saturated carbocycles. The number of hydrogen-bond donors (Lipinski definition) is 1. The van der Waals surface area contributed by atoms with Gasteiger partial charge < -0.3 is 10.6 Å². The summed E-state index contributed by atoms with van der Waals surface area (Å²) in [6.07, 6.45) is 7.47. The third-order valence-corrected chi connectivity index (χ3v) is 3.04. The molecule has 0 spiro atoms. The van der Waals surface area contributed by atoms with Gasteiger partial charge in [0.05, 0.1) is 0 Å². The number of likely N-dealkylation sites (tertiary alicyclic amines) is 1. The van der Waals surface area contributed by atoms with E-state index in [1.807, 2.05) is 0 Å². The summed E-state index contributed by atoms with van der Waals surface area (Å²) in [7, 11) is 0. The monoisotopic (exact) mass is 211 g/mol. The molecule has 15 heavy (non-hydrogen) atoms. The molecular formula is C12H25N3. The molecule has 0 aromatic heterocycles. The topological polar surface area (TPSA) is 41.6 Å². The normalized spacial score (nSPS) is 23.2. The molecule has 1 saturated heterocycles. The zero-order valence-electron chi connectivity index (χ0n) is 10.2. The maximum Gasteiger partial charge on any atom is 0.191 e. The molecule has 0 aliphatic carbocycles. The summed E-state index contributed by atoms with van der Waals surface area (Å²) >= 11 is 0. The Bertz CT molecular complexity index is 199. The second-order valence-corrected chi connectivity index (χ2v) is 4.37. The summed E-state index contributed by atoms with van der Waals surface area (Å²) in [6.45, 7) is 6.34. The van der Waals surface area contributed by atoms with Crippen molar-refractivity contribution in [3.8, 4) is 0 Å². The van der Waals surface area contributed by atoms with E-state index >= 15 is 0 Å². The van der Waals surface area contributed by atoms with E-state index in [9.17, 15) is 0 Å². The van der Waals surface area contributed by atoms with E-state index < -0.39 is 0 Å². The van der Waals surface area contributed by atoms with Crippen molar-refractivity contribution in [3.63, 3.8) is 0 Å². The van der Waals surface area contributed by atoms with Gasteiger partial charge in [0.15, 0.2) is 5.96 Å². The van der Waals surface area contributed by atoms with Crippen LogP contribution in [0.5, 0.6) is 0 Å². The second-order valence-electron chi connectivity index (χ2n) is 4.37. The van der Waals surface area contributed by atoms with Gasteiger partial charge in [0.1, 0.15) is 0 Å². The van der Waals surface area contributed by atoms with Gasteiger partial charge >= 0.3 is 0 Å². The molecular weight excluding hydrogens is 186 g/mol. The number of hydrogen-bond acceptors (Lipinski definition) is 1. The SMILES string of the molecule is CCCN=C(N)N1CCCCC1CCC. The third kappa shape index (κ3) is 3.73. The van der Waals surface area contributed by atoms with E-state index in [0.717, 1.165) is 25.5 Å². The lowest BCUT2D eigenvalue weighted by Crippen LogP contribution is -2.47. The van der Waals surface area contributed by atoms with Gasteiger partial charge in [0, 0.05) is 19.1 Å². The van der Waals surface area contributed by atoms with Gasteiger partial charge in [-0.25, -0.2) is 0 Å². The predicted octanol–water partition coefficient (Wildman–Crippen LogP) is 2.37. The summed E-state index contributed by atoms with van der Waals surface area (Å²) in [4.78, 5) is 6.74. The zero-order valence-corrected chi connectivity index (χ0v) is 10.2. The molecule has 1 fully saturated rings. The van der Waals surface area contributed by atoms with Crippen LogP contribution in [0.15, 0.2) is 4.99 Å². The molecule has 0 aromatic rings. The lowest BCUT2D eigenvalue weighted by Gasteiger charge is -2.36. The van der Waals surface area contributed by atoms with Crippen molar-refractivity contribution in [1.82, 2.24) is 4.90 Å². The van der Waals surface area contributed by atoms with Crippen LogP contribution in [0, 0.1) is 0 Å². The highest BCUT2D eigenvalue weighted by Gasteiger charge is 2.22. The second kappa shape index (κ2) is 6.70. The van der Waals surface area contributed by atoms with Crippen molar-refractivity contribution in [2.45, 2.75) is 58.4 Å². The zero-order chi connectivity index (χ0) is 11.1. The van der Waals surface area contributed by atoms with Crippen LogP contribution in [0.25, 0.3) is 0 Å². The van der Waals surface area contributed by atoms with Crippen LogP contribution in [0.2, 0.25) is 0 Å². The molecule has 2 N–H and O–H groups in total. The molecule has 3 nitrogen and oxygen atoms in total. The average Bonchev–Trinajstić information content (AvgIpc) is 2.27. The predicted molar refractivity (Wildman–Crippen MR) is 66.0 cm³/mol. The van der Waals surface area contributed by atoms with Gasteiger partial charge in [-0.2, -0.15) is 0 Å². The number of rotatable bonds is 4. The maximum absolute atomic E-state index is 6.03. The van der Waals surface area contributed by atoms with Gasteiger partial charge in [-0.3, -0.25) is 4.99 Å². The standard InChI is InChI=1S/C12H25N3/c1-3-7-11-8-5-6-10-15(11)12(13)14-9-4-2/h11H,3-10H2,1-2H3,(H2,13,14). The molecule has 1 heterocycles. The summed E-state index contributed by atoms with van der Waals surface area (Å²) in [5.74, 6) is 0.773.